The van der Waals surface area contributed by atoms with Gasteiger partial charge in [-0.25, -0.2) is 4.79 Å². The minimum absolute atomic E-state index is 0.0848. The summed E-state index contributed by atoms with van der Waals surface area (Å²) < 4.78 is 0. The molecule has 0 bridgehead atoms. The third-order valence-corrected chi connectivity index (χ3v) is 2.68. The van der Waals surface area contributed by atoms with E-state index in [-0.39, 0.29) is 15.6 Å². The molecule has 0 aromatic heterocycles. The molecule has 1 aromatic carbocycles. The summed E-state index contributed by atoms with van der Waals surface area (Å²) in [6.07, 6.45) is -1.64. The van der Waals surface area contributed by atoms with E-state index in [2.05, 4.69) is 0 Å². The van der Waals surface area contributed by atoms with Crippen molar-refractivity contribution in [1.82, 2.24) is 0 Å². The van der Waals surface area contributed by atoms with Crippen LogP contribution < -0.4 is 0 Å². The van der Waals surface area contributed by atoms with Gasteiger partial charge >= 0.3 is 5.97 Å². The van der Waals surface area contributed by atoms with Crippen LogP contribution in [0.5, 0.6) is 0 Å². The van der Waals surface area contributed by atoms with Gasteiger partial charge in [-0.3, -0.25) is 0 Å². The molecular weight excluding hydrogens is 227 g/mol. The van der Waals surface area contributed by atoms with Gasteiger partial charge in [-0.2, -0.15) is 0 Å². The number of hydrogen-bond donors (Lipinski definition) is 2. The zero-order valence-electron chi connectivity index (χ0n) is 7.29. The summed E-state index contributed by atoms with van der Waals surface area (Å²) in [7, 11) is 0. The fourth-order valence-electron chi connectivity index (χ4n) is 1.12. The number of benzene rings is 1. The maximum atomic E-state index is 10.6. The first kappa shape index (κ1) is 11.3. The molecule has 1 aromatic rings. The smallest absolute Gasteiger partial charge is 0.337 e. The van der Waals surface area contributed by atoms with E-state index in [1.807, 2.05) is 0 Å². The maximum absolute atomic E-state index is 10.6. The average molecular weight is 235 g/mol. The topological polar surface area (TPSA) is 57.5 Å². The van der Waals surface area contributed by atoms with Crippen molar-refractivity contribution in [1.29, 1.82) is 0 Å². The molecule has 0 aliphatic carbocycles. The number of carbonyl (C=O) groups is 1. The summed E-state index contributed by atoms with van der Waals surface area (Å²) in [4.78, 5) is 10.6. The molecule has 0 radical (unpaired) electrons. The molecule has 0 saturated carbocycles. The Hall–Kier alpha value is -0.770. The monoisotopic (exact) mass is 234 g/mol. The van der Waals surface area contributed by atoms with Gasteiger partial charge in [0.05, 0.1) is 10.0 Å². The summed E-state index contributed by atoms with van der Waals surface area (Å²) >= 11 is 11.5. The zero-order chi connectivity index (χ0) is 10.9. The first-order chi connectivity index (χ1) is 6.45. The lowest BCUT2D eigenvalue weighted by Crippen LogP contribution is -2.12. The molecule has 0 heterocycles. The number of rotatable bonds is 2. The van der Waals surface area contributed by atoms with Crippen molar-refractivity contribution in [3.05, 3.63) is 33.3 Å². The summed E-state index contributed by atoms with van der Waals surface area (Å²) in [5.41, 5.74) is 0.737. The molecular formula is C9H8Cl2O3. The summed E-state index contributed by atoms with van der Waals surface area (Å²) in [6, 6.07) is 3.16. The summed E-state index contributed by atoms with van der Waals surface area (Å²) in [6.45, 7) is 1.66. The normalized spacial score (nSPS) is 12.6. The van der Waals surface area contributed by atoms with E-state index in [1.165, 1.54) is 0 Å². The number of aliphatic hydroxyl groups is 1. The second kappa shape index (κ2) is 4.17. The van der Waals surface area contributed by atoms with Gasteiger partial charge in [0.2, 0.25) is 0 Å². The van der Waals surface area contributed by atoms with Gasteiger partial charge in [-0.05, 0) is 18.6 Å². The molecule has 1 rings (SSSR count). The van der Waals surface area contributed by atoms with Gasteiger partial charge in [0.25, 0.3) is 0 Å². The van der Waals surface area contributed by atoms with Gasteiger partial charge in [0.15, 0.2) is 6.10 Å². The van der Waals surface area contributed by atoms with Gasteiger partial charge in [0.1, 0.15) is 0 Å². The molecule has 0 aliphatic heterocycles. The van der Waals surface area contributed by atoms with Crippen LogP contribution in [0.1, 0.15) is 17.2 Å². The third kappa shape index (κ3) is 2.00. The lowest BCUT2D eigenvalue weighted by Gasteiger charge is -2.12. The quantitative estimate of drug-likeness (QED) is 0.827. The maximum Gasteiger partial charge on any atom is 0.337 e. The van der Waals surface area contributed by atoms with Gasteiger partial charge in [-0.1, -0.05) is 29.3 Å². The highest BCUT2D eigenvalue weighted by atomic mass is 35.5. The molecule has 0 amide bonds. The summed E-state index contributed by atoms with van der Waals surface area (Å²) in [5, 5.41) is 18.3. The lowest BCUT2D eigenvalue weighted by molar-refractivity contribution is -0.147. The first-order valence-corrected chi connectivity index (χ1v) is 4.56. The fraction of sp³-hybridized carbons (Fsp3) is 0.222. The van der Waals surface area contributed by atoms with Gasteiger partial charge in [0, 0.05) is 5.56 Å². The fourth-order valence-corrected chi connectivity index (χ4v) is 1.60. The molecule has 0 spiro atoms. The number of aliphatic hydroxyl groups excluding tert-OH is 1. The van der Waals surface area contributed by atoms with Crippen LogP contribution in [0.3, 0.4) is 0 Å². The first-order valence-electron chi connectivity index (χ1n) is 3.80. The van der Waals surface area contributed by atoms with Crippen molar-refractivity contribution in [3.8, 4) is 0 Å². The van der Waals surface area contributed by atoms with E-state index in [9.17, 15) is 9.90 Å². The van der Waals surface area contributed by atoms with Crippen molar-refractivity contribution in [2.45, 2.75) is 13.0 Å². The van der Waals surface area contributed by atoms with Crippen LogP contribution in [0.2, 0.25) is 10.0 Å². The van der Waals surface area contributed by atoms with Crippen LogP contribution in [0, 0.1) is 6.92 Å². The molecule has 0 saturated heterocycles. The van der Waals surface area contributed by atoms with Crippen LogP contribution in [0.15, 0.2) is 12.1 Å². The van der Waals surface area contributed by atoms with Crippen LogP contribution in [-0.2, 0) is 4.79 Å². The lowest BCUT2D eigenvalue weighted by atomic mass is 10.0. The summed E-state index contributed by atoms with van der Waals surface area (Å²) in [5.74, 6) is -1.35. The van der Waals surface area contributed by atoms with E-state index >= 15 is 0 Å². The number of carboxylic acid groups (broad SMARTS) is 1. The number of aryl methyl sites for hydroxylation is 1. The van der Waals surface area contributed by atoms with Crippen LogP contribution in [-0.4, -0.2) is 16.2 Å². The molecule has 0 aliphatic rings. The molecule has 0 fully saturated rings. The molecule has 3 nitrogen and oxygen atoms in total. The predicted octanol–water partition coefficient (Wildman–Crippen LogP) is 2.42. The SMILES string of the molecule is Cc1ccc(Cl)c(Cl)c1[C@@H](O)C(=O)O. The van der Waals surface area contributed by atoms with E-state index < -0.39 is 12.1 Å². The Bertz CT molecular complexity index is 377. The highest BCUT2D eigenvalue weighted by Crippen LogP contribution is 2.32. The Morgan fingerprint density at radius 3 is 2.50 bits per heavy atom. The minimum Gasteiger partial charge on any atom is -0.479 e. The van der Waals surface area contributed by atoms with Crippen LogP contribution in [0.4, 0.5) is 0 Å². The van der Waals surface area contributed by atoms with E-state index in [1.54, 1.807) is 19.1 Å². The minimum atomic E-state index is -1.64. The van der Waals surface area contributed by atoms with Crippen LogP contribution >= 0.6 is 23.2 Å². The molecule has 76 valence electrons. The van der Waals surface area contributed by atoms with Gasteiger partial charge < -0.3 is 10.2 Å². The largest absolute Gasteiger partial charge is 0.479 e. The highest BCUT2D eigenvalue weighted by molar-refractivity contribution is 6.42. The van der Waals surface area contributed by atoms with E-state index in [4.69, 9.17) is 28.3 Å². The predicted molar refractivity (Wildman–Crippen MR) is 53.8 cm³/mol. The molecule has 14 heavy (non-hydrogen) atoms. The Labute approximate surface area is 90.9 Å². The highest BCUT2D eigenvalue weighted by Gasteiger charge is 2.22. The van der Waals surface area contributed by atoms with E-state index in [0.29, 0.717) is 5.56 Å². The van der Waals surface area contributed by atoms with Crippen molar-refractivity contribution >= 4 is 29.2 Å². The number of hydrogen-bond acceptors (Lipinski definition) is 2. The van der Waals surface area contributed by atoms with Crippen molar-refractivity contribution < 1.29 is 15.0 Å². The third-order valence-electron chi connectivity index (χ3n) is 1.86. The number of halogens is 2. The Morgan fingerprint density at radius 2 is 2.00 bits per heavy atom. The molecule has 5 heteroatoms. The second-order valence-electron chi connectivity index (χ2n) is 2.83. The molecule has 1 atom stereocenters. The van der Waals surface area contributed by atoms with E-state index in [0.717, 1.165) is 0 Å². The molecule has 2 N–H and O–H groups in total. The standard InChI is InChI=1S/C9H8Cl2O3/c1-4-2-3-5(10)7(11)6(4)8(12)9(13)14/h2-3,8,12H,1H3,(H,13,14)/t8-/m1/s1. The Balaban J connectivity index is 3.32. The van der Waals surface area contributed by atoms with Crippen molar-refractivity contribution in [2.24, 2.45) is 0 Å². The Kier molecular flexibility index (Phi) is 3.37. The zero-order valence-corrected chi connectivity index (χ0v) is 8.80. The Morgan fingerprint density at radius 1 is 1.43 bits per heavy atom. The van der Waals surface area contributed by atoms with Crippen molar-refractivity contribution in [2.75, 3.05) is 0 Å². The van der Waals surface area contributed by atoms with Crippen molar-refractivity contribution in [3.63, 3.8) is 0 Å². The van der Waals surface area contributed by atoms with Gasteiger partial charge in [-0.15, -0.1) is 0 Å². The number of carboxylic acids is 1. The average Bonchev–Trinajstić information content (AvgIpc) is 2.12. The van der Waals surface area contributed by atoms with Crippen LogP contribution in [0.25, 0.3) is 0 Å². The molecule has 0 unspecified atom stereocenters. The second-order valence-corrected chi connectivity index (χ2v) is 3.62. The number of aliphatic carboxylic acids is 1.